The second-order valence-electron chi connectivity index (χ2n) is 7.60. The molecule has 0 atom stereocenters. The molecule has 2 heterocycles. The zero-order valence-electron chi connectivity index (χ0n) is 18.4. The van der Waals surface area contributed by atoms with E-state index < -0.39 is 5.89 Å². The highest BCUT2D eigenvalue weighted by atomic mass is 16.3. The summed E-state index contributed by atoms with van der Waals surface area (Å²) in [5, 5.41) is 2.19. The quantitative estimate of drug-likeness (QED) is 0.301. The van der Waals surface area contributed by atoms with Gasteiger partial charge in [-0.05, 0) is 65.8 Å². The standard InChI is InChI=1S/C28H25NO/c1-3-19(4-2)22-15-16-29-26(17-22)25-12-8-11-24-23-14-13-21(18-27(23)30-28(24)25)20-9-6-5-7-10-20/h5-19H,3-4H2,1-2H3/i19D. The third-order valence-electron chi connectivity index (χ3n) is 5.90. The maximum atomic E-state index is 8.82. The Morgan fingerprint density at radius 2 is 1.67 bits per heavy atom. The first-order chi connectivity index (χ1) is 15.1. The van der Waals surface area contributed by atoms with Crippen molar-refractivity contribution >= 4 is 21.9 Å². The number of benzene rings is 3. The van der Waals surface area contributed by atoms with Gasteiger partial charge in [-0.25, -0.2) is 0 Å². The smallest absolute Gasteiger partial charge is 0.144 e. The summed E-state index contributed by atoms with van der Waals surface area (Å²) in [7, 11) is 0. The Morgan fingerprint density at radius 3 is 2.47 bits per heavy atom. The molecule has 2 nitrogen and oxygen atoms in total. The zero-order valence-corrected chi connectivity index (χ0v) is 17.4. The average molecular weight is 393 g/mol. The van der Waals surface area contributed by atoms with Crippen LogP contribution in [0.5, 0.6) is 0 Å². The van der Waals surface area contributed by atoms with E-state index >= 15 is 0 Å². The minimum Gasteiger partial charge on any atom is -0.455 e. The molecule has 0 fully saturated rings. The van der Waals surface area contributed by atoms with Crippen molar-refractivity contribution < 1.29 is 5.79 Å². The lowest BCUT2D eigenvalue weighted by Gasteiger charge is -2.13. The van der Waals surface area contributed by atoms with Gasteiger partial charge in [-0.3, -0.25) is 4.98 Å². The van der Waals surface area contributed by atoms with Crippen molar-refractivity contribution in [1.29, 1.82) is 0 Å². The molecule has 0 bridgehead atoms. The molecule has 5 aromatic rings. The Kier molecular flexibility index (Phi) is 4.54. The molecular formula is C28H25NO. The number of nitrogens with zero attached hydrogens (tertiary/aromatic N) is 1. The molecule has 0 aliphatic carbocycles. The molecule has 0 aliphatic heterocycles. The van der Waals surface area contributed by atoms with E-state index in [1.54, 1.807) is 0 Å². The normalized spacial score (nSPS) is 12.4. The molecule has 0 radical (unpaired) electrons. The maximum Gasteiger partial charge on any atom is 0.144 e. The van der Waals surface area contributed by atoms with Crippen LogP contribution in [0.25, 0.3) is 44.3 Å². The largest absolute Gasteiger partial charge is 0.455 e. The van der Waals surface area contributed by atoms with E-state index in [1.807, 2.05) is 30.5 Å². The third-order valence-corrected chi connectivity index (χ3v) is 5.90. The molecule has 0 aliphatic rings. The van der Waals surface area contributed by atoms with E-state index in [0.29, 0.717) is 0 Å². The Balaban J connectivity index is 1.67. The summed E-state index contributed by atoms with van der Waals surface area (Å²) in [6.07, 6.45) is 3.35. The van der Waals surface area contributed by atoms with Gasteiger partial charge in [-0.1, -0.05) is 62.4 Å². The highest BCUT2D eigenvalue weighted by Gasteiger charge is 2.15. The fraction of sp³-hybridized carbons (Fsp3) is 0.179. The fourth-order valence-electron chi connectivity index (χ4n) is 4.27. The topological polar surface area (TPSA) is 26.0 Å². The van der Waals surface area contributed by atoms with Crippen LogP contribution < -0.4 is 0 Å². The minimum absolute atomic E-state index is 0.593. The van der Waals surface area contributed by atoms with Crippen molar-refractivity contribution in [2.45, 2.75) is 32.6 Å². The molecule has 0 unspecified atom stereocenters. The van der Waals surface area contributed by atoms with Crippen LogP contribution in [0, 0.1) is 0 Å². The molecule has 0 N–H and O–H groups in total. The number of pyridine rings is 1. The van der Waals surface area contributed by atoms with Crippen molar-refractivity contribution in [2.75, 3.05) is 0 Å². The van der Waals surface area contributed by atoms with Crippen molar-refractivity contribution in [2.24, 2.45) is 0 Å². The number of rotatable bonds is 5. The lowest BCUT2D eigenvalue weighted by Crippen LogP contribution is -1.96. The van der Waals surface area contributed by atoms with Crippen molar-refractivity contribution in [3.8, 4) is 22.4 Å². The van der Waals surface area contributed by atoms with E-state index in [2.05, 4.69) is 73.4 Å². The van der Waals surface area contributed by atoms with Gasteiger partial charge in [0.15, 0.2) is 0 Å². The first-order valence-corrected chi connectivity index (χ1v) is 10.6. The van der Waals surface area contributed by atoms with Crippen molar-refractivity contribution in [3.63, 3.8) is 0 Å². The Labute approximate surface area is 178 Å². The van der Waals surface area contributed by atoms with Crippen LogP contribution in [0.2, 0.25) is 0 Å². The molecule has 148 valence electrons. The molecule has 2 aromatic heterocycles. The summed E-state index contributed by atoms with van der Waals surface area (Å²) in [6.45, 7) is 4.14. The van der Waals surface area contributed by atoms with Crippen LogP contribution in [0.15, 0.2) is 89.5 Å². The molecule has 5 rings (SSSR count). The van der Waals surface area contributed by atoms with Crippen molar-refractivity contribution in [1.82, 2.24) is 4.98 Å². The summed E-state index contributed by atoms with van der Waals surface area (Å²) in [5.41, 5.74) is 6.84. The van der Waals surface area contributed by atoms with Gasteiger partial charge in [0, 0.05) is 23.9 Å². The Hall–Kier alpha value is -3.39. The van der Waals surface area contributed by atoms with E-state index in [9.17, 15) is 0 Å². The van der Waals surface area contributed by atoms with Crippen LogP contribution in [0.3, 0.4) is 0 Å². The number of hydrogen-bond acceptors (Lipinski definition) is 2. The second-order valence-corrected chi connectivity index (χ2v) is 7.60. The number of aromatic nitrogens is 1. The highest BCUT2D eigenvalue weighted by molar-refractivity contribution is 6.10. The molecule has 0 saturated heterocycles. The van der Waals surface area contributed by atoms with Gasteiger partial charge in [0.05, 0.1) is 5.69 Å². The predicted octanol–water partition coefficient (Wildman–Crippen LogP) is 8.22. The Bertz CT molecular complexity index is 1370. The van der Waals surface area contributed by atoms with E-state index in [-0.39, 0.29) is 0 Å². The molecule has 0 amide bonds. The zero-order chi connectivity index (χ0) is 21.4. The summed E-state index contributed by atoms with van der Waals surface area (Å²) in [5.74, 6) is -0.593. The van der Waals surface area contributed by atoms with Gasteiger partial charge < -0.3 is 4.42 Å². The molecule has 0 saturated carbocycles. The minimum atomic E-state index is -0.593. The summed E-state index contributed by atoms with van der Waals surface area (Å²) >= 11 is 0. The SMILES string of the molecule is [2H]C(CC)(CC)c1ccnc(-c2cccc3c2oc2cc(-c4ccccc4)ccc23)c1. The molecule has 2 heteroatoms. The lowest BCUT2D eigenvalue weighted by molar-refractivity contribution is 0.641. The number of para-hydroxylation sites is 1. The van der Waals surface area contributed by atoms with Crippen LogP contribution >= 0.6 is 0 Å². The van der Waals surface area contributed by atoms with Crippen LogP contribution in [0.4, 0.5) is 0 Å². The first-order valence-electron chi connectivity index (χ1n) is 11.1. The average Bonchev–Trinajstić information content (AvgIpc) is 3.22. The van der Waals surface area contributed by atoms with Gasteiger partial charge in [-0.15, -0.1) is 0 Å². The van der Waals surface area contributed by atoms with Gasteiger partial charge in [0.25, 0.3) is 0 Å². The molecule has 30 heavy (non-hydrogen) atoms. The monoisotopic (exact) mass is 392 g/mol. The highest BCUT2D eigenvalue weighted by Crippen LogP contribution is 2.37. The third kappa shape index (κ3) is 3.19. The summed E-state index contributed by atoms with van der Waals surface area (Å²) in [4.78, 5) is 4.63. The predicted molar refractivity (Wildman–Crippen MR) is 126 cm³/mol. The van der Waals surface area contributed by atoms with E-state index in [1.165, 1.54) is 5.56 Å². The number of hydrogen-bond donors (Lipinski definition) is 0. The number of furan rings is 1. The summed E-state index contributed by atoms with van der Waals surface area (Å²) < 4.78 is 15.2. The number of fused-ring (bicyclic) bond motifs is 3. The van der Waals surface area contributed by atoms with Crippen molar-refractivity contribution in [3.05, 3.63) is 90.6 Å². The first kappa shape index (κ1) is 17.5. The van der Waals surface area contributed by atoms with E-state index in [0.717, 1.165) is 57.2 Å². The summed E-state index contributed by atoms with van der Waals surface area (Å²) in [6, 6.07) is 27.0. The van der Waals surface area contributed by atoms with Gasteiger partial charge >= 0.3 is 0 Å². The van der Waals surface area contributed by atoms with Gasteiger partial charge in [-0.2, -0.15) is 0 Å². The van der Waals surface area contributed by atoms with E-state index in [4.69, 9.17) is 5.79 Å². The molecule has 0 spiro atoms. The molecular weight excluding hydrogens is 366 g/mol. The molecule has 3 aromatic carbocycles. The Morgan fingerprint density at radius 1 is 0.833 bits per heavy atom. The van der Waals surface area contributed by atoms with Crippen LogP contribution in [0.1, 0.15) is 39.5 Å². The van der Waals surface area contributed by atoms with Crippen LogP contribution in [-0.4, -0.2) is 4.98 Å². The maximum absolute atomic E-state index is 8.82. The van der Waals surface area contributed by atoms with Gasteiger partial charge in [0.1, 0.15) is 11.2 Å². The fourth-order valence-corrected chi connectivity index (χ4v) is 4.27. The van der Waals surface area contributed by atoms with Gasteiger partial charge in [0.2, 0.25) is 0 Å². The van der Waals surface area contributed by atoms with Crippen LogP contribution in [-0.2, 0) is 0 Å². The lowest BCUT2D eigenvalue weighted by atomic mass is 9.93. The second kappa shape index (κ2) is 7.79.